The van der Waals surface area contributed by atoms with Crippen LogP contribution in [0.3, 0.4) is 0 Å². The van der Waals surface area contributed by atoms with Gasteiger partial charge < -0.3 is 10.2 Å². The van der Waals surface area contributed by atoms with Crippen LogP contribution in [0.25, 0.3) is 0 Å². The van der Waals surface area contributed by atoms with Gasteiger partial charge in [-0.3, -0.25) is 14.6 Å². The molecule has 1 aliphatic rings. The van der Waals surface area contributed by atoms with E-state index in [4.69, 9.17) is 0 Å². The van der Waals surface area contributed by atoms with Crippen LogP contribution in [0.1, 0.15) is 27.2 Å². The summed E-state index contributed by atoms with van der Waals surface area (Å²) >= 11 is 1.67. The van der Waals surface area contributed by atoms with E-state index in [1.54, 1.807) is 40.8 Å². The Morgan fingerprint density at radius 3 is 2.89 bits per heavy atom. The number of amides is 2. The van der Waals surface area contributed by atoms with Crippen LogP contribution in [0, 0.1) is 0 Å². The number of pyridine rings is 1. The maximum Gasteiger partial charge on any atom is 0.259 e. The number of carbonyl (C=O) groups is 2. The Kier molecular flexibility index (Phi) is 4.98. The molecule has 27 heavy (non-hydrogen) atoms. The first kappa shape index (κ1) is 17.4. The number of carbonyl (C=O) groups excluding carboxylic acids is 2. The van der Waals surface area contributed by atoms with Gasteiger partial charge in [0, 0.05) is 41.6 Å². The molecule has 136 valence electrons. The Morgan fingerprint density at radius 2 is 2.11 bits per heavy atom. The molecule has 3 aromatic rings. The fourth-order valence-electron chi connectivity index (χ4n) is 3.25. The highest BCUT2D eigenvalue weighted by Crippen LogP contribution is 2.31. The maximum absolute atomic E-state index is 12.7. The lowest BCUT2D eigenvalue weighted by Crippen LogP contribution is -2.28. The number of hydrogen-bond acceptors (Lipinski definition) is 4. The number of benzene rings is 1. The summed E-state index contributed by atoms with van der Waals surface area (Å²) in [5.74, 6) is -0.0424. The highest BCUT2D eigenvalue weighted by molar-refractivity contribution is 7.09. The summed E-state index contributed by atoms with van der Waals surface area (Å²) in [6, 6.07) is 13.3. The van der Waals surface area contributed by atoms with Crippen molar-refractivity contribution in [2.45, 2.75) is 19.3 Å². The topological polar surface area (TPSA) is 62.3 Å². The van der Waals surface area contributed by atoms with E-state index < -0.39 is 0 Å². The summed E-state index contributed by atoms with van der Waals surface area (Å²) in [4.78, 5) is 31.9. The standard InChI is InChI=1S/C21H19N3O2S/c25-20(8-6-18-4-2-12-27-18)23-17-5-7-19-15(13-17)9-11-24(19)21(26)16-3-1-10-22-14-16/h1-5,7,10,12-14H,6,8-9,11H2,(H,23,25). The predicted molar refractivity (Wildman–Crippen MR) is 107 cm³/mol. The number of thiophene rings is 1. The average Bonchev–Trinajstić information content (AvgIpc) is 3.36. The van der Waals surface area contributed by atoms with Gasteiger partial charge in [-0.25, -0.2) is 0 Å². The van der Waals surface area contributed by atoms with Crippen LogP contribution in [0.4, 0.5) is 11.4 Å². The zero-order chi connectivity index (χ0) is 18.6. The van der Waals surface area contributed by atoms with Crippen LogP contribution in [0.2, 0.25) is 0 Å². The van der Waals surface area contributed by atoms with Crippen LogP contribution in [0.15, 0.2) is 60.2 Å². The van der Waals surface area contributed by atoms with E-state index in [-0.39, 0.29) is 11.8 Å². The summed E-state index contributed by atoms with van der Waals surface area (Å²) in [5, 5.41) is 4.98. The number of fused-ring (bicyclic) bond motifs is 1. The summed E-state index contributed by atoms with van der Waals surface area (Å²) in [5.41, 5.74) is 3.33. The molecule has 0 radical (unpaired) electrons. The van der Waals surface area contributed by atoms with E-state index in [1.165, 1.54) is 4.88 Å². The van der Waals surface area contributed by atoms with Gasteiger partial charge in [0.05, 0.1) is 5.56 Å². The molecule has 0 spiro atoms. The van der Waals surface area contributed by atoms with Crippen LogP contribution in [-0.2, 0) is 17.6 Å². The van der Waals surface area contributed by atoms with Crippen molar-refractivity contribution in [3.63, 3.8) is 0 Å². The lowest BCUT2D eigenvalue weighted by atomic mass is 10.1. The number of aromatic nitrogens is 1. The zero-order valence-electron chi connectivity index (χ0n) is 14.7. The molecule has 2 aromatic heterocycles. The van der Waals surface area contributed by atoms with Crippen LogP contribution < -0.4 is 10.2 Å². The molecule has 1 N–H and O–H groups in total. The first-order valence-corrected chi connectivity index (χ1v) is 9.76. The van der Waals surface area contributed by atoms with Crippen molar-refractivity contribution in [3.8, 4) is 0 Å². The van der Waals surface area contributed by atoms with E-state index in [0.29, 0.717) is 18.5 Å². The first-order valence-electron chi connectivity index (χ1n) is 8.88. The Balaban J connectivity index is 1.42. The second-order valence-corrected chi connectivity index (χ2v) is 7.45. The minimum atomic E-state index is -0.0467. The summed E-state index contributed by atoms with van der Waals surface area (Å²) in [6.45, 7) is 0.638. The van der Waals surface area contributed by atoms with Gasteiger partial charge in [-0.1, -0.05) is 6.07 Å². The van der Waals surface area contributed by atoms with E-state index >= 15 is 0 Å². The van der Waals surface area contributed by atoms with Gasteiger partial charge in [-0.05, 0) is 60.2 Å². The largest absolute Gasteiger partial charge is 0.326 e. The van der Waals surface area contributed by atoms with Crippen molar-refractivity contribution in [1.82, 2.24) is 4.98 Å². The minimum Gasteiger partial charge on any atom is -0.326 e. The van der Waals surface area contributed by atoms with Gasteiger partial charge in [0.1, 0.15) is 0 Å². The van der Waals surface area contributed by atoms with Gasteiger partial charge in [0.25, 0.3) is 5.91 Å². The van der Waals surface area contributed by atoms with Crippen LogP contribution in [0.5, 0.6) is 0 Å². The molecule has 1 aromatic carbocycles. The van der Waals surface area contributed by atoms with Crippen molar-refractivity contribution in [3.05, 3.63) is 76.2 Å². The lowest BCUT2D eigenvalue weighted by molar-refractivity contribution is -0.116. The molecule has 0 saturated carbocycles. The smallest absolute Gasteiger partial charge is 0.259 e. The normalized spacial score (nSPS) is 12.7. The molecule has 6 heteroatoms. The molecular formula is C21H19N3O2S. The molecule has 1 aliphatic heterocycles. The number of hydrogen-bond donors (Lipinski definition) is 1. The number of anilines is 2. The van der Waals surface area contributed by atoms with Crippen molar-refractivity contribution < 1.29 is 9.59 Å². The van der Waals surface area contributed by atoms with Crippen LogP contribution in [-0.4, -0.2) is 23.3 Å². The predicted octanol–water partition coefficient (Wildman–Crippen LogP) is 3.92. The van der Waals surface area contributed by atoms with E-state index in [0.717, 1.165) is 29.8 Å². The van der Waals surface area contributed by atoms with E-state index in [2.05, 4.69) is 10.3 Å². The zero-order valence-corrected chi connectivity index (χ0v) is 15.5. The molecule has 0 atom stereocenters. The number of nitrogens with zero attached hydrogens (tertiary/aromatic N) is 2. The third-order valence-electron chi connectivity index (χ3n) is 4.59. The molecule has 0 unspecified atom stereocenters. The fraction of sp³-hybridized carbons (Fsp3) is 0.190. The van der Waals surface area contributed by atoms with Crippen LogP contribution >= 0.6 is 11.3 Å². The molecule has 2 amide bonds. The monoisotopic (exact) mass is 377 g/mol. The molecule has 5 nitrogen and oxygen atoms in total. The van der Waals surface area contributed by atoms with E-state index in [1.807, 2.05) is 35.7 Å². The minimum absolute atomic E-state index is 0.00430. The Bertz CT molecular complexity index is 955. The fourth-order valence-corrected chi connectivity index (χ4v) is 3.96. The molecule has 0 bridgehead atoms. The third-order valence-corrected chi connectivity index (χ3v) is 5.53. The van der Waals surface area contributed by atoms with Crippen molar-refractivity contribution in [2.24, 2.45) is 0 Å². The second-order valence-electron chi connectivity index (χ2n) is 6.42. The second kappa shape index (κ2) is 7.72. The molecule has 0 aliphatic carbocycles. The molecule has 0 saturated heterocycles. The van der Waals surface area contributed by atoms with Gasteiger partial charge in [0.15, 0.2) is 0 Å². The molecule has 3 heterocycles. The van der Waals surface area contributed by atoms with Gasteiger partial charge >= 0.3 is 0 Å². The number of nitrogens with one attached hydrogen (secondary N) is 1. The summed E-state index contributed by atoms with van der Waals surface area (Å²) in [7, 11) is 0. The van der Waals surface area contributed by atoms with Crippen molar-refractivity contribution in [1.29, 1.82) is 0 Å². The highest BCUT2D eigenvalue weighted by atomic mass is 32.1. The molecule has 4 rings (SSSR count). The van der Waals surface area contributed by atoms with Gasteiger partial charge in [-0.2, -0.15) is 0 Å². The number of aryl methyl sites for hydroxylation is 1. The lowest BCUT2D eigenvalue weighted by Gasteiger charge is -2.17. The SMILES string of the molecule is O=C(CCc1cccs1)Nc1ccc2c(c1)CCN2C(=O)c1cccnc1. The molecule has 0 fully saturated rings. The number of rotatable bonds is 5. The average molecular weight is 377 g/mol. The Hall–Kier alpha value is -2.99. The summed E-state index contributed by atoms with van der Waals surface area (Å²) < 4.78 is 0. The maximum atomic E-state index is 12.7. The van der Waals surface area contributed by atoms with Gasteiger partial charge in [0.2, 0.25) is 5.91 Å². The van der Waals surface area contributed by atoms with Crippen molar-refractivity contribution >= 4 is 34.5 Å². The Morgan fingerprint density at radius 1 is 1.19 bits per heavy atom. The van der Waals surface area contributed by atoms with Crippen molar-refractivity contribution in [2.75, 3.05) is 16.8 Å². The first-order chi connectivity index (χ1) is 13.2. The Labute approximate surface area is 161 Å². The summed E-state index contributed by atoms with van der Waals surface area (Å²) in [6.07, 6.45) is 5.23. The van der Waals surface area contributed by atoms with Gasteiger partial charge in [-0.15, -0.1) is 11.3 Å². The third kappa shape index (κ3) is 3.90. The van der Waals surface area contributed by atoms with E-state index in [9.17, 15) is 9.59 Å². The quantitative estimate of drug-likeness (QED) is 0.733. The highest BCUT2D eigenvalue weighted by Gasteiger charge is 2.26. The molecular weight excluding hydrogens is 358 g/mol.